The Morgan fingerprint density at radius 2 is 1.34 bits per heavy atom. The third-order valence-electron chi connectivity index (χ3n) is 8.95. The van der Waals surface area contributed by atoms with E-state index < -0.39 is 5.60 Å². The molecule has 1 unspecified atom stereocenters. The smallest absolute Gasteiger partial charge is 0.130 e. The van der Waals surface area contributed by atoms with Crippen LogP contribution in [0.25, 0.3) is 10.9 Å². The molecular weight excluding hydrogens is 642 g/mol. The molecule has 5 aromatic carbocycles. The maximum Gasteiger partial charge on any atom is 0.130 e. The van der Waals surface area contributed by atoms with Crippen molar-refractivity contribution >= 4 is 32.7 Å². The van der Waals surface area contributed by atoms with Crippen LogP contribution in [0, 0.1) is 0 Å². The molecule has 4 nitrogen and oxygen atoms in total. The van der Waals surface area contributed by atoms with Crippen molar-refractivity contribution in [2.75, 3.05) is 32.5 Å². The van der Waals surface area contributed by atoms with Crippen molar-refractivity contribution in [3.05, 3.63) is 177 Å². The third kappa shape index (κ3) is 7.82. The lowest BCUT2D eigenvalue weighted by molar-refractivity contribution is 0.0641. The summed E-state index contributed by atoms with van der Waals surface area (Å²) in [5.74, 6) is 1.11. The van der Waals surface area contributed by atoms with E-state index >= 15 is 0 Å². The van der Waals surface area contributed by atoms with E-state index in [1.54, 1.807) is 0 Å². The quantitative estimate of drug-likeness (QED) is 0.127. The fraction of sp³-hybridized carbons (Fsp3) is 0.214. The largest absolute Gasteiger partial charge is 0.380 e. The predicted octanol–water partition coefficient (Wildman–Crippen LogP) is 9.41. The van der Waals surface area contributed by atoms with Gasteiger partial charge in [-0.3, -0.25) is 0 Å². The Bertz CT molecular complexity index is 1840. The molecule has 0 saturated carbocycles. The van der Waals surface area contributed by atoms with Gasteiger partial charge in [0.2, 0.25) is 0 Å². The Hall–Kier alpha value is -4.29. The van der Waals surface area contributed by atoms with E-state index in [9.17, 15) is 5.11 Å². The second-order valence-electron chi connectivity index (χ2n) is 12.6. The molecule has 0 saturated heterocycles. The highest BCUT2D eigenvalue weighted by atomic mass is 79.9. The van der Waals surface area contributed by atoms with Crippen LogP contribution in [0.5, 0.6) is 0 Å². The van der Waals surface area contributed by atoms with E-state index in [4.69, 9.17) is 4.98 Å². The van der Waals surface area contributed by atoms with Crippen LogP contribution in [0.4, 0.5) is 5.82 Å². The van der Waals surface area contributed by atoms with Gasteiger partial charge < -0.3 is 15.3 Å². The number of hydrogen-bond donors (Lipinski definition) is 2. The lowest BCUT2D eigenvalue weighted by atomic mass is 9.82. The summed E-state index contributed by atoms with van der Waals surface area (Å²) in [6.07, 6.45) is 2.18. The number of halogens is 1. The molecule has 0 aliphatic heterocycles. The number of nitrogens with one attached hydrogen (secondary N) is 1. The first-order valence-corrected chi connectivity index (χ1v) is 17.1. The summed E-state index contributed by atoms with van der Waals surface area (Å²) in [4.78, 5) is 7.48. The highest BCUT2D eigenvalue weighted by molar-refractivity contribution is 9.10. The number of hydrogen-bond acceptors (Lipinski definition) is 4. The van der Waals surface area contributed by atoms with Gasteiger partial charge in [0.05, 0.1) is 5.52 Å². The van der Waals surface area contributed by atoms with Crippen molar-refractivity contribution in [2.24, 2.45) is 0 Å². The van der Waals surface area contributed by atoms with Gasteiger partial charge in [-0.2, -0.15) is 0 Å². The molecule has 0 spiro atoms. The van der Waals surface area contributed by atoms with E-state index in [1.165, 1.54) is 16.7 Å². The average molecular weight is 685 g/mol. The molecule has 0 amide bonds. The minimum Gasteiger partial charge on any atom is -0.380 e. The second-order valence-corrected chi connectivity index (χ2v) is 13.5. The number of nitrogens with zero attached hydrogens (tertiary/aromatic N) is 2. The SMILES string of the molecule is CN(C)CCC(O)(c1ccccc1)c1cc(Br)cc2cc(Cc3ccccc3)c(NCCC(c3ccccc3)c3ccccc3)nc12. The standard InChI is InChI=1S/C42H42BrN3O/c1-46(2)26-24-42(47,36-21-13-6-14-22-36)39-30-37(43)29-34-28-35(27-31-15-7-3-8-16-31)41(45-40(34)39)44-25-23-38(32-17-9-4-10-18-32)33-19-11-5-12-20-33/h3-22,28-30,38,47H,23-27H2,1-2H3,(H,44,45). The maximum absolute atomic E-state index is 12.6. The molecule has 0 aliphatic rings. The zero-order valence-electron chi connectivity index (χ0n) is 27.1. The van der Waals surface area contributed by atoms with Gasteiger partial charge in [-0.1, -0.05) is 137 Å². The number of pyridine rings is 1. The van der Waals surface area contributed by atoms with Crippen LogP contribution in [-0.4, -0.2) is 42.2 Å². The van der Waals surface area contributed by atoms with Gasteiger partial charge in [0, 0.05) is 40.9 Å². The molecule has 0 aliphatic carbocycles. The Morgan fingerprint density at radius 3 is 1.94 bits per heavy atom. The summed E-state index contributed by atoms with van der Waals surface area (Å²) in [6, 6.07) is 48.4. The fourth-order valence-electron chi connectivity index (χ4n) is 6.48. The summed E-state index contributed by atoms with van der Waals surface area (Å²) in [5, 5.41) is 17.4. The lowest BCUT2D eigenvalue weighted by Gasteiger charge is -2.32. The summed E-state index contributed by atoms with van der Waals surface area (Å²) in [7, 11) is 4.08. The van der Waals surface area contributed by atoms with Crippen LogP contribution in [-0.2, 0) is 12.0 Å². The van der Waals surface area contributed by atoms with Crippen molar-refractivity contribution in [2.45, 2.75) is 30.8 Å². The van der Waals surface area contributed by atoms with Gasteiger partial charge in [0.25, 0.3) is 0 Å². The molecule has 1 heterocycles. The first kappa shape index (κ1) is 32.6. The molecule has 0 bridgehead atoms. The second kappa shape index (κ2) is 15.1. The minimum atomic E-state index is -1.23. The van der Waals surface area contributed by atoms with Gasteiger partial charge >= 0.3 is 0 Å². The number of rotatable bonds is 13. The van der Waals surface area contributed by atoms with E-state index in [1.807, 2.05) is 50.5 Å². The molecule has 47 heavy (non-hydrogen) atoms. The average Bonchev–Trinajstić information content (AvgIpc) is 3.10. The van der Waals surface area contributed by atoms with Crippen LogP contribution >= 0.6 is 15.9 Å². The summed E-state index contributed by atoms with van der Waals surface area (Å²) in [6.45, 7) is 1.46. The molecule has 2 N–H and O–H groups in total. The number of anilines is 1. The molecule has 1 atom stereocenters. The summed E-state index contributed by atoms with van der Waals surface area (Å²) < 4.78 is 0.918. The molecule has 6 rings (SSSR count). The maximum atomic E-state index is 12.6. The normalized spacial score (nSPS) is 12.8. The van der Waals surface area contributed by atoms with Crippen LogP contribution in [0.1, 0.15) is 52.1 Å². The fourth-order valence-corrected chi connectivity index (χ4v) is 6.95. The zero-order chi connectivity index (χ0) is 32.6. The number of benzene rings is 5. The monoisotopic (exact) mass is 683 g/mol. The number of aromatic nitrogens is 1. The van der Waals surface area contributed by atoms with Crippen molar-refractivity contribution in [3.63, 3.8) is 0 Å². The highest BCUT2D eigenvalue weighted by Crippen LogP contribution is 2.40. The van der Waals surface area contributed by atoms with E-state index in [-0.39, 0.29) is 5.92 Å². The number of fused-ring (bicyclic) bond motifs is 1. The van der Waals surface area contributed by atoms with E-state index in [2.05, 4.69) is 129 Å². The minimum absolute atomic E-state index is 0.253. The topological polar surface area (TPSA) is 48.4 Å². The van der Waals surface area contributed by atoms with Gasteiger partial charge in [-0.05, 0) is 73.0 Å². The van der Waals surface area contributed by atoms with E-state index in [0.717, 1.165) is 63.8 Å². The van der Waals surface area contributed by atoms with Crippen LogP contribution in [0.2, 0.25) is 0 Å². The van der Waals surface area contributed by atoms with Crippen molar-refractivity contribution in [1.29, 1.82) is 0 Å². The van der Waals surface area contributed by atoms with Crippen LogP contribution in [0.3, 0.4) is 0 Å². The molecule has 238 valence electrons. The van der Waals surface area contributed by atoms with Crippen LogP contribution < -0.4 is 5.32 Å². The van der Waals surface area contributed by atoms with Gasteiger partial charge in [0.1, 0.15) is 11.4 Å². The van der Waals surface area contributed by atoms with Gasteiger partial charge in [-0.15, -0.1) is 0 Å². The Labute approximate surface area is 287 Å². The van der Waals surface area contributed by atoms with Gasteiger partial charge in [-0.25, -0.2) is 4.98 Å². The van der Waals surface area contributed by atoms with Crippen molar-refractivity contribution < 1.29 is 5.11 Å². The summed E-state index contributed by atoms with van der Waals surface area (Å²) in [5.41, 5.74) is 6.19. The van der Waals surface area contributed by atoms with Crippen molar-refractivity contribution in [3.8, 4) is 0 Å². The third-order valence-corrected chi connectivity index (χ3v) is 9.40. The first-order valence-electron chi connectivity index (χ1n) is 16.3. The number of aliphatic hydroxyl groups is 1. The van der Waals surface area contributed by atoms with Crippen LogP contribution in [0.15, 0.2) is 144 Å². The molecule has 5 heteroatoms. The Balaban J connectivity index is 1.42. The summed E-state index contributed by atoms with van der Waals surface area (Å²) >= 11 is 3.78. The molecule has 6 aromatic rings. The van der Waals surface area contributed by atoms with Gasteiger partial charge in [0.15, 0.2) is 0 Å². The Kier molecular flexibility index (Phi) is 10.5. The zero-order valence-corrected chi connectivity index (χ0v) is 28.7. The Morgan fingerprint density at radius 1 is 0.766 bits per heavy atom. The lowest BCUT2D eigenvalue weighted by Crippen LogP contribution is -2.32. The molecule has 1 aromatic heterocycles. The molecule has 0 fully saturated rings. The highest BCUT2D eigenvalue weighted by Gasteiger charge is 2.34. The first-order chi connectivity index (χ1) is 22.9. The predicted molar refractivity (Wildman–Crippen MR) is 199 cm³/mol. The molecule has 0 radical (unpaired) electrons. The van der Waals surface area contributed by atoms with Crippen molar-refractivity contribution in [1.82, 2.24) is 9.88 Å². The van der Waals surface area contributed by atoms with E-state index in [0.29, 0.717) is 6.42 Å². The molecular formula is C42H42BrN3O.